The normalized spacial score (nSPS) is 10.7. The summed E-state index contributed by atoms with van der Waals surface area (Å²) >= 11 is 3.51. The first kappa shape index (κ1) is 19.1. The number of amides is 1. The van der Waals surface area contributed by atoms with Gasteiger partial charge in [0.05, 0.1) is 6.54 Å². The molecule has 0 aliphatic rings. The fourth-order valence-electron chi connectivity index (χ4n) is 2.59. The molecule has 0 radical (unpaired) electrons. The van der Waals surface area contributed by atoms with Crippen molar-refractivity contribution in [2.75, 3.05) is 6.61 Å². The Morgan fingerprint density at radius 3 is 2.63 bits per heavy atom. The highest BCUT2D eigenvalue weighted by Gasteiger charge is 2.11. The van der Waals surface area contributed by atoms with Gasteiger partial charge in [-0.1, -0.05) is 44.8 Å². The number of carbonyl (C=O) groups is 1. The molecule has 140 valence electrons. The van der Waals surface area contributed by atoms with Gasteiger partial charge < -0.3 is 14.6 Å². The van der Waals surface area contributed by atoms with Crippen LogP contribution in [0.25, 0.3) is 11.4 Å². The smallest absolute Gasteiger partial charge is 0.258 e. The molecule has 0 aliphatic heterocycles. The Labute approximate surface area is 166 Å². The molecule has 0 bridgehead atoms. The van der Waals surface area contributed by atoms with Gasteiger partial charge in [-0.2, -0.15) is 4.98 Å². The molecule has 2 aromatic carbocycles. The monoisotopic (exact) mass is 429 g/mol. The van der Waals surface area contributed by atoms with Crippen LogP contribution < -0.4 is 10.1 Å². The van der Waals surface area contributed by atoms with Gasteiger partial charge in [0.15, 0.2) is 6.61 Å². The van der Waals surface area contributed by atoms with E-state index in [4.69, 9.17) is 9.26 Å². The zero-order chi connectivity index (χ0) is 19.4. The van der Waals surface area contributed by atoms with Crippen LogP contribution in [-0.4, -0.2) is 22.7 Å². The molecule has 6 nitrogen and oxygen atoms in total. The van der Waals surface area contributed by atoms with Gasteiger partial charge in [-0.05, 0) is 50.1 Å². The van der Waals surface area contributed by atoms with E-state index < -0.39 is 0 Å². The van der Waals surface area contributed by atoms with Gasteiger partial charge in [-0.25, -0.2) is 0 Å². The van der Waals surface area contributed by atoms with E-state index in [1.165, 1.54) is 0 Å². The minimum absolute atomic E-state index is 0.0839. The second-order valence-electron chi connectivity index (χ2n) is 6.32. The lowest BCUT2D eigenvalue weighted by Crippen LogP contribution is -2.28. The minimum Gasteiger partial charge on any atom is -0.484 e. The minimum atomic E-state index is -0.261. The summed E-state index contributed by atoms with van der Waals surface area (Å²) in [6.07, 6.45) is 0. The highest BCUT2D eigenvalue weighted by Crippen LogP contribution is 2.26. The van der Waals surface area contributed by atoms with Crippen LogP contribution in [-0.2, 0) is 11.3 Å². The number of ether oxygens (including phenoxy) is 1. The number of benzene rings is 2. The highest BCUT2D eigenvalue weighted by atomic mass is 79.9. The van der Waals surface area contributed by atoms with Crippen molar-refractivity contribution in [2.24, 2.45) is 0 Å². The molecule has 0 spiro atoms. The molecule has 0 atom stereocenters. The van der Waals surface area contributed by atoms with Gasteiger partial charge in [0.25, 0.3) is 5.91 Å². The summed E-state index contributed by atoms with van der Waals surface area (Å²) in [4.78, 5) is 16.3. The third-order valence-corrected chi connectivity index (χ3v) is 5.21. The van der Waals surface area contributed by atoms with Crippen LogP contribution in [0.1, 0.15) is 22.6 Å². The maximum absolute atomic E-state index is 12.0. The number of aromatic nitrogens is 2. The van der Waals surface area contributed by atoms with E-state index in [1.807, 2.05) is 57.2 Å². The molecule has 0 fully saturated rings. The van der Waals surface area contributed by atoms with E-state index in [2.05, 4.69) is 31.4 Å². The topological polar surface area (TPSA) is 77.2 Å². The molecule has 1 N–H and O–H groups in total. The van der Waals surface area contributed by atoms with Gasteiger partial charge in [0.1, 0.15) is 5.75 Å². The number of halogens is 1. The Bertz CT molecular complexity index is 946. The van der Waals surface area contributed by atoms with Crippen LogP contribution in [0.15, 0.2) is 45.4 Å². The van der Waals surface area contributed by atoms with Gasteiger partial charge in [-0.3, -0.25) is 4.79 Å². The number of rotatable bonds is 6. The zero-order valence-electron chi connectivity index (χ0n) is 15.4. The van der Waals surface area contributed by atoms with Crippen molar-refractivity contribution in [2.45, 2.75) is 27.3 Å². The summed E-state index contributed by atoms with van der Waals surface area (Å²) in [7, 11) is 0. The molecular weight excluding hydrogens is 410 g/mol. The Morgan fingerprint density at radius 2 is 1.93 bits per heavy atom. The third kappa shape index (κ3) is 4.95. The SMILES string of the molecule is Cc1cccc(-c2noc(CNC(=O)COc3cc(C)c(Br)c(C)c3)n2)c1. The van der Waals surface area contributed by atoms with E-state index >= 15 is 0 Å². The van der Waals surface area contributed by atoms with Crippen LogP contribution >= 0.6 is 15.9 Å². The quantitative estimate of drug-likeness (QED) is 0.637. The number of hydrogen-bond donors (Lipinski definition) is 1. The van der Waals surface area contributed by atoms with Crippen molar-refractivity contribution < 1.29 is 14.1 Å². The largest absolute Gasteiger partial charge is 0.484 e. The summed E-state index contributed by atoms with van der Waals surface area (Å²) in [6, 6.07) is 11.6. The Morgan fingerprint density at radius 1 is 1.19 bits per heavy atom. The lowest BCUT2D eigenvalue weighted by molar-refractivity contribution is -0.123. The molecule has 0 unspecified atom stereocenters. The predicted octanol–water partition coefficient (Wildman–Crippen LogP) is 4.12. The van der Waals surface area contributed by atoms with Crippen LogP contribution in [0.4, 0.5) is 0 Å². The zero-order valence-corrected chi connectivity index (χ0v) is 17.0. The first-order valence-corrected chi connectivity index (χ1v) is 9.27. The van der Waals surface area contributed by atoms with E-state index in [-0.39, 0.29) is 19.1 Å². The lowest BCUT2D eigenvalue weighted by Gasteiger charge is -2.10. The highest BCUT2D eigenvalue weighted by molar-refractivity contribution is 9.10. The number of hydrogen-bond acceptors (Lipinski definition) is 5. The number of carbonyl (C=O) groups excluding carboxylic acids is 1. The summed E-state index contributed by atoms with van der Waals surface area (Å²) in [5, 5.41) is 6.67. The van der Waals surface area contributed by atoms with E-state index in [0.29, 0.717) is 17.5 Å². The van der Waals surface area contributed by atoms with Crippen LogP contribution in [0.2, 0.25) is 0 Å². The van der Waals surface area contributed by atoms with Gasteiger partial charge >= 0.3 is 0 Å². The summed E-state index contributed by atoms with van der Waals surface area (Å²) in [5.74, 6) is 1.24. The van der Waals surface area contributed by atoms with E-state index in [9.17, 15) is 4.79 Å². The van der Waals surface area contributed by atoms with Crippen molar-refractivity contribution in [3.8, 4) is 17.1 Å². The summed E-state index contributed by atoms with van der Waals surface area (Å²) in [5.41, 5.74) is 4.10. The first-order valence-electron chi connectivity index (χ1n) is 8.48. The first-order chi connectivity index (χ1) is 12.9. The molecule has 1 aromatic heterocycles. The van der Waals surface area contributed by atoms with Gasteiger partial charge in [0.2, 0.25) is 11.7 Å². The van der Waals surface area contributed by atoms with Gasteiger partial charge in [-0.15, -0.1) is 0 Å². The van der Waals surface area contributed by atoms with Crippen LogP contribution in [0.5, 0.6) is 5.75 Å². The summed E-state index contributed by atoms with van der Waals surface area (Å²) < 4.78 is 11.8. The molecular formula is C20H20BrN3O3. The average molecular weight is 430 g/mol. The molecule has 1 amide bonds. The molecule has 0 saturated carbocycles. The van der Waals surface area contributed by atoms with E-state index in [1.54, 1.807) is 0 Å². The number of aryl methyl sites for hydroxylation is 3. The lowest BCUT2D eigenvalue weighted by atomic mass is 10.1. The Hall–Kier alpha value is -2.67. The Balaban J connectivity index is 1.52. The predicted molar refractivity (Wildman–Crippen MR) is 105 cm³/mol. The third-order valence-electron chi connectivity index (χ3n) is 3.96. The molecule has 0 saturated heterocycles. The van der Waals surface area contributed by atoms with Crippen molar-refractivity contribution >= 4 is 21.8 Å². The van der Waals surface area contributed by atoms with Crippen molar-refractivity contribution in [1.82, 2.24) is 15.5 Å². The maximum Gasteiger partial charge on any atom is 0.258 e. The Kier molecular flexibility index (Phi) is 5.91. The molecule has 3 aromatic rings. The fraction of sp³-hybridized carbons (Fsp3) is 0.250. The summed E-state index contributed by atoms with van der Waals surface area (Å²) in [6.45, 7) is 6.02. The molecule has 1 heterocycles. The molecule has 7 heteroatoms. The maximum atomic E-state index is 12.0. The van der Waals surface area contributed by atoms with Gasteiger partial charge in [0, 0.05) is 10.0 Å². The average Bonchev–Trinajstić information content (AvgIpc) is 3.11. The second kappa shape index (κ2) is 8.35. The molecule has 0 aliphatic carbocycles. The number of nitrogens with zero attached hydrogens (tertiary/aromatic N) is 2. The van der Waals surface area contributed by atoms with Crippen LogP contribution in [0, 0.1) is 20.8 Å². The van der Waals surface area contributed by atoms with Crippen molar-refractivity contribution in [3.05, 3.63) is 63.5 Å². The van der Waals surface area contributed by atoms with E-state index in [0.717, 1.165) is 26.7 Å². The second-order valence-corrected chi connectivity index (χ2v) is 7.11. The number of nitrogens with one attached hydrogen (secondary N) is 1. The molecule has 3 rings (SSSR count). The van der Waals surface area contributed by atoms with Crippen LogP contribution in [0.3, 0.4) is 0 Å². The fourth-order valence-corrected chi connectivity index (χ4v) is 2.82. The molecule has 27 heavy (non-hydrogen) atoms. The van der Waals surface area contributed by atoms with Crippen molar-refractivity contribution in [3.63, 3.8) is 0 Å². The van der Waals surface area contributed by atoms with Crippen molar-refractivity contribution in [1.29, 1.82) is 0 Å². The standard InChI is InChI=1S/C20H20BrN3O3/c1-12-5-4-6-15(7-12)20-23-18(27-24-20)10-22-17(25)11-26-16-8-13(2)19(21)14(3)9-16/h4-9H,10-11H2,1-3H3,(H,22,25).